The molecule has 4 heteroatoms. The highest BCUT2D eigenvalue weighted by Gasteiger charge is 2.19. The van der Waals surface area contributed by atoms with Crippen LogP contribution < -0.4 is 9.47 Å². The Morgan fingerprint density at radius 1 is 1.00 bits per heavy atom. The smallest absolute Gasteiger partial charge is 0.188 e. The van der Waals surface area contributed by atoms with Gasteiger partial charge in [0.05, 0.1) is 14.2 Å². The number of methoxy groups -OCH3 is 2. The summed E-state index contributed by atoms with van der Waals surface area (Å²) in [5.41, 5.74) is 1.89. The average Bonchev–Trinajstić information content (AvgIpc) is 2.59. The molecule has 0 aliphatic carbocycles. The van der Waals surface area contributed by atoms with Crippen molar-refractivity contribution in [2.45, 2.75) is 12.8 Å². The predicted octanol–water partition coefficient (Wildman–Crippen LogP) is 4.33. The minimum absolute atomic E-state index is 0.0806. The Kier molecular flexibility index (Phi) is 5.97. The van der Waals surface area contributed by atoms with Gasteiger partial charge >= 0.3 is 0 Å². The minimum atomic E-state index is 0.0806. The second-order valence-electron chi connectivity index (χ2n) is 5.06. The van der Waals surface area contributed by atoms with E-state index in [0.717, 1.165) is 6.16 Å². The molecule has 2 rings (SSSR count). The lowest BCUT2D eigenvalue weighted by molar-refractivity contribution is 0.107. The van der Waals surface area contributed by atoms with Gasteiger partial charge in [0.15, 0.2) is 5.52 Å². The van der Waals surface area contributed by atoms with Crippen LogP contribution in [0, 0.1) is 0 Å². The van der Waals surface area contributed by atoms with Crippen LogP contribution in [0.2, 0.25) is 0 Å². The number of hydrogen-bond donors (Lipinski definition) is 0. The maximum absolute atomic E-state index is 12.6. The summed E-state index contributed by atoms with van der Waals surface area (Å²) >= 11 is 0. The fourth-order valence-corrected chi connectivity index (χ4v) is 3.46. The Bertz CT molecular complexity index is 603. The van der Waals surface area contributed by atoms with E-state index in [-0.39, 0.29) is 14.1 Å². The van der Waals surface area contributed by atoms with Crippen molar-refractivity contribution < 1.29 is 14.3 Å². The molecule has 2 atom stereocenters. The first-order valence-electron chi connectivity index (χ1n) is 7.21. The number of hydrogen-bond acceptors (Lipinski definition) is 3. The van der Waals surface area contributed by atoms with Crippen LogP contribution in [-0.2, 0) is 0 Å². The topological polar surface area (TPSA) is 35.5 Å². The van der Waals surface area contributed by atoms with Gasteiger partial charge in [0, 0.05) is 0 Å². The van der Waals surface area contributed by atoms with Crippen molar-refractivity contribution in [3.8, 4) is 11.5 Å². The summed E-state index contributed by atoms with van der Waals surface area (Å²) in [4.78, 5) is 12.6. The summed E-state index contributed by atoms with van der Waals surface area (Å²) in [6, 6.07) is 15.7. The Labute approximate surface area is 133 Å². The largest absolute Gasteiger partial charge is 0.496 e. The third-order valence-electron chi connectivity index (χ3n) is 3.59. The van der Waals surface area contributed by atoms with Crippen molar-refractivity contribution in [2.24, 2.45) is 0 Å². The van der Waals surface area contributed by atoms with Crippen molar-refractivity contribution >= 4 is 14.1 Å². The maximum Gasteiger partial charge on any atom is 0.188 e. The van der Waals surface area contributed by atoms with Crippen LogP contribution in [0.25, 0.3) is 0 Å². The normalized spacial score (nSPS) is 12.3. The highest BCUT2D eigenvalue weighted by Crippen LogP contribution is 2.35. The van der Waals surface area contributed by atoms with E-state index in [9.17, 15) is 4.79 Å². The molecule has 2 aromatic rings. The lowest BCUT2D eigenvalue weighted by Crippen LogP contribution is -2.03. The van der Waals surface area contributed by atoms with E-state index in [0.29, 0.717) is 23.0 Å². The van der Waals surface area contributed by atoms with E-state index in [2.05, 4.69) is 19.1 Å². The van der Waals surface area contributed by atoms with E-state index in [1.54, 1.807) is 26.4 Å². The molecule has 22 heavy (non-hydrogen) atoms. The van der Waals surface area contributed by atoms with E-state index >= 15 is 0 Å². The van der Waals surface area contributed by atoms with Gasteiger partial charge in [0.1, 0.15) is 17.1 Å². The molecule has 0 aliphatic rings. The molecule has 0 amide bonds. The molecule has 116 valence electrons. The third-order valence-corrected chi connectivity index (χ3v) is 4.98. The van der Waals surface area contributed by atoms with Crippen LogP contribution in [-0.4, -0.2) is 25.9 Å². The van der Waals surface area contributed by atoms with Gasteiger partial charge in [-0.15, -0.1) is 0 Å². The van der Waals surface area contributed by atoms with Crippen LogP contribution in [0.4, 0.5) is 0 Å². The molecule has 0 radical (unpaired) electrons. The number of carbonyl (C=O) groups is 1. The van der Waals surface area contributed by atoms with Gasteiger partial charge in [-0.25, -0.2) is 0 Å². The fourth-order valence-electron chi connectivity index (χ4n) is 2.31. The molecule has 3 nitrogen and oxygen atoms in total. The molecule has 0 aliphatic heterocycles. The number of benzene rings is 2. The van der Waals surface area contributed by atoms with Crippen LogP contribution >= 0.6 is 8.58 Å². The highest BCUT2D eigenvalue weighted by molar-refractivity contribution is 7.58. The molecule has 0 saturated heterocycles. The molecule has 0 spiro atoms. The first-order chi connectivity index (χ1) is 10.7. The molecule has 0 bridgehead atoms. The van der Waals surface area contributed by atoms with E-state index in [1.807, 2.05) is 24.3 Å². The maximum atomic E-state index is 12.6. The van der Waals surface area contributed by atoms with Crippen molar-refractivity contribution in [2.75, 3.05) is 20.4 Å². The number of ether oxygens (including phenoxy) is 2. The van der Waals surface area contributed by atoms with E-state index in [4.69, 9.17) is 9.47 Å². The Morgan fingerprint density at radius 2 is 1.59 bits per heavy atom. The quantitative estimate of drug-likeness (QED) is 0.713. The lowest BCUT2D eigenvalue weighted by atomic mass is 10.0. The summed E-state index contributed by atoms with van der Waals surface area (Å²) in [7, 11) is 3.33. The van der Waals surface area contributed by atoms with Crippen LogP contribution in [0.1, 0.15) is 28.8 Å². The Morgan fingerprint density at radius 3 is 2.14 bits per heavy atom. The zero-order valence-electron chi connectivity index (χ0n) is 13.1. The van der Waals surface area contributed by atoms with Gasteiger partial charge in [-0.2, -0.15) is 0 Å². The standard InChI is InChI=1S/C18H21O3P/c1-13(14-8-5-4-6-9-14)12-22-18(19)17-15(20-2)10-7-11-16(17)21-3/h4-11,13,22H,12H2,1-3H3. The summed E-state index contributed by atoms with van der Waals surface area (Å²) < 4.78 is 10.6. The first-order valence-corrected chi connectivity index (χ1v) is 8.42. The Hall–Kier alpha value is -1.86. The van der Waals surface area contributed by atoms with Crippen molar-refractivity contribution in [3.05, 3.63) is 59.7 Å². The molecule has 0 N–H and O–H groups in total. The van der Waals surface area contributed by atoms with E-state index < -0.39 is 0 Å². The second-order valence-corrected chi connectivity index (χ2v) is 6.28. The zero-order chi connectivity index (χ0) is 15.9. The van der Waals surface area contributed by atoms with Crippen molar-refractivity contribution in [1.29, 1.82) is 0 Å². The monoisotopic (exact) mass is 316 g/mol. The molecular weight excluding hydrogens is 295 g/mol. The lowest BCUT2D eigenvalue weighted by Gasteiger charge is -2.14. The fraction of sp³-hybridized carbons (Fsp3) is 0.278. The van der Waals surface area contributed by atoms with E-state index in [1.165, 1.54) is 5.56 Å². The first kappa shape index (κ1) is 16.5. The minimum Gasteiger partial charge on any atom is -0.496 e. The summed E-state index contributed by atoms with van der Waals surface area (Å²) in [5.74, 6) is 1.50. The van der Waals surface area contributed by atoms with Crippen molar-refractivity contribution in [1.82, 2.24) is 0 Å². The SMILES string of the molecule is COc1cccc(OC)c1C(=O)PCC(C)c1ccccc1. The zero-order valence-corrected chi connectivity index (χ0v) is 14.1. The molecule has 2 aromatic carbocycles. The average molecular weight is 316 g/mol. The third kappa shape index (κ3) is 3.86. The number of rotatable bonds is 7. The van der Waals surface area contributed by atoms with Gasteiger partial charge in [-0.3, -0.25) is 4.79 Å². The Balaban J connectivity index is 2.10. The van der Waals surface area contributed by atoms with Gasteiger partial charge in [0.25, 0.3) is 0 Å². The van der Waals surface area contributed by atoms with Crippen LogP contribution in [0.3, 0.4) is 0 Å². The summed E-state index contributed by atoms with van der Waals surface area (Å²) in [6.45, 7) is 2.15. The highest BCUT2D eigenvalue weighted by atomic mass is 31.1. The van der Waals surface area contributed by atoms with Crippen LogP contribution in [0.15, 0.2) is 48.5 Å². The second kappa shape index (κ2) is 7.95. The summed E-state index contributed by atoms with van der Waals surface area (Å²) in [6.07, 6.45) is 0.823. The number of carbonyl (C=O) groups excluding carboxylic acids is 1. The van der Waals surface area contributed by atoms with Gasteiger partial charge in [0.2, 0.25) is 0 Å². The summed E-state index contributed by atoms with van der Waals surface area (Å²) in [5, 5.41) is 0. The van der Waals surface area contributed by atoms with Crippen molar-refractivity contribution in [3.63, 3.8) is 0 Å². The molecule has 2 unspecified atom stereocenters. The molecule has 0 aromatic heterocycles. The predicted molar refractivity (Wildman–Crippen MR) is 91.9 cm³/mol. The van der Waals surface area contributed by atoms with Gasteiger partial charge in [-0.1, -0.05) is 43.3 Å². The van der Waals surface area contributed by atoms with Crippen LogP contribution in [0.5, 0.6) is 11.5 Å². The molecular formula is C18H21O3P. The van der Waals surface area contributed by atoms with Gasteiger partial charge in [-0.05, 0) is 38.4 Å². The van der Waals surface area contributed by atoms with Gasteiger partial charge < -0.3 is 9.47 Å². The molecule has 0 saturated carbocycles. The molecule has 0 fully saturated rings. The molecule has 0 heterocycles.